The Morgan fingerprint density at radius 1 is 1.21 bits per heavy atom. The normalized spacial score (nSPS) is 10.8. The summed E-state index contributed by atoms with van der Waals surface area (Å²) >= 11 is 0. The van der Waals surface area contributed by atoms with Crippen LogP contribution in [0.2, 0.25) is 0 Å². The molecule has 0 saturated carbocycles. The third kappa shape index (κ3) is 1.64. The van der Waals surface area contributed by atoms with Gasteiger partial charge in [0, 0.05) is 23.9 Å². The lowest BCUT2D eigenvalue weighted by molar-refractivity contribution is 0.419. The van der Waals surface area contributed by atoms with Crippen LogP contribution in [0, 0.1) is 0 Å². The largest absolute Gasteiger partial charge is 0.334 e. The summed E-state index contributed by atoms with van der Waals surface area (Å²) in [6.07, 6.45) is 3.41. The molecule has 0 radical (unpaired) electrons. The molecule has 0 atom stereocenters. The van der Waals surface area contributed by atoms with Crippen molar-refractivity contribution < 1.29 is 4.52 Å². The van der Waals surface area contributed by atoms with Crippen LogP contribution < -0.4 is 0 Å². The predicted molar refractivity (Wildman–Crippen MR) is 51.6 cm³/mol. The van der Waals surface area contributed by atoms with E-state index in [1.807, 2.05) is 26.0 Å². The molecule has 0 aliphatic carbocycles. The lowest BCUT2D eigenvalue weighted by Gasteiger charge is -1.92. The van der Waals surface area contributed by atoms with Gasteiger partial charge in [0.25, 0.3) is 5.89 Å². The maximum absolute atomic E-state index is 5.12. The molecule has 72 valence electrons. The number of hydrogen-bond acceptors (Lipinski definition) is 4. The van der Waals surface area contributed by atoms with E-state index in [4.69, 9.17) is 4.52 Å². The van der Waals surface area contributed by atoms with Crippen molar-refractivity contribution in [1.82, 2.24) is 15.1 Å². The second kappa shape index (κ2) is 3.57. The summed E-state index contributed by atoms with van der Waals surface area (Å²) in [5, 5.41) is 3.89. The van der Waals surface area contributed by atoms with Crippen LogP contribution >= 0.6 is 0 Å². The Labute approximate surface area is 82.0 Å². The van der Waals surface area contributed by atoms with E-state index < -0.39 is 0 Å². The van der Waals surface area contributed by atoms with Gasteiger partial charge in [-0.15, -0.1) is 0 Å². The minimum Gasteiger partial charge on any atom is -0.334 e. The number of nitrogens with zero attached hydrogens (tertiary/aromatic N) is 3. The van der Waals surface area contributed by atoms with Crippen molar-refractivity contribution in [2.75, 3.05) is 0 Å². The molecule has 0 aromatic carbocycles. The zero-order chi connectivity index (χ0) is 9.97. The molecule has 2 aromatic heterocycles. The Bertz CT molecular complexity index is 408. The van der Waals surface area contributed by atoms with Crippen LogP contribution in [0.3, 0.4) is 0 Å². The van der Waals surface area contributed by atoms with Gasteiger partial charge in [-0.2, -0.15) is 4.98 Å². The molecule has 0 aliphatic rings. The zero-order valence-corrected chi connectivity index (χ0v) is 8.14. The van der Waals surface area contributed by atoms with E-state index in [2.05, 4.69) is 15.1 Å². The summed E-state index contributed by atoms with van der Waals surface area (Å²) in [6.45, 7) is 4.06. The highest BCUT2D eigenvalue weighted by atomic mass is 16.5. The molecule has 2 rings (SSSR count). The molecule has 0 saturated heterocycles. The van der Waals surface area contributed by atoms with E-state index in [1.54, 1.807) is 12.4 Å². The van der Waals surface area contributed by atoms with Crippen molar-refractivity contribution in [2.24, 2.45) is 0 Å². The first-order valence-corrected chi connectivity index (χ1v) is 4.51. The number of hydrogen-bond donors (Lipinski definition) is 0. The molecule has 14 heavy (non-hydrogen) atoms. The summed E-state index contributed by atoms with van der Waals surface area (Å²) in [5.74, 6) is 1.57. The van der Waals surface area contributed by atoms with Crippen LogP contribution in [-0.2, 0) is 0 Å². The fourth-order valence-corrected chi connectivity index (χ4v) is 1.08. The highest BCUT2D eigenvalue weighted by molar-refractivity contribution is 5.51. The SMILES string of the molecule is CC(C)c1noc(-c2ccncc2)n1. The van der Waals surface area contributed by atoms with Gasteiger partial charge in [-0.3, -0.25) is 4.98 Å². The lowest BCUT2D eigenvalue weighted by atomic mass is 10.2. The van der Waals surface area contributed by atoms with Crippen LogP contribution in [0.5, 0.6) is 0 Å². The third-order valence-electron chi connectivity index (χ3n) is 1.89. The topological polar surface area (TPSA) is 51.8 Å². The summed E-state index contributed by atoms with van der Waals surface area (Å²) < 4.78 is 5.12. The van der Waals surface area contributed by atoms with Crippen LogP contribution in [0.4, 0.5) is 0 Å². The summed E-state index contributed by atoms with van der Waals surface area (Å²) in [4.78, 5) is 8.20. The quantitative estimate of drug-likeness (QED) is 0.727. The van der Waals surface area contributed by atoms with Gasteiger partial charge >= 0.3 is 0 Å². The molecule has 0 amide bonds. The van der Waals surface area contributed by atoms with E-state index in [0.717, 1.165) is 11.4 Å². The van der Waals surface area contributed by atoms with Crippen molar-refractivity contribution in [3.8, 4) is 11.5 Å². The Morgan fingerprint density at radius 2 is 1.93 bits per heavy atom. The van der Waals surface area contributed by atoms with Crippen molar-refractivity contribution in [3.05, 3.63) is 30.4 Å². The minimum atomic E-state index is 0.286. The van der Waals surface area contributed by atoms with Crippen molar-refractivity contribution in [1.29, 1.82) is 0 Å². The van der Waals surface area contributed by atoms with Gasteiger partial charge < -0.3 is 4.52 Å². The van der Waals surface area contributed by atoms with Gasteiger partial charge in [0.15, 0.2) is 5.82 Å². The van der Waals surface area contributed by atoms with Gasteiger partial charge in [-0.25, -0.2) is 0 Å². The van der Waals surface area contributed by atoms with E-state index in [1.165, 1.54) is 0 Å². The maximum atomic E-state index is 5.12. The van der Waals surface area contributed by atoms with Crippen LogP contribution in [0.25, 0.3) is 11.5 Å². The third-order valence-corrected chi connectivity index (χ3v) is 1.89. The molecule has 2 heterocycles. The van der Waals surface area contributed by atoms with E-state index in [0.29, 0.717) is 5.89 Å². The molecular weight excluding hydrogens is 178 g/mol. The second-order valence-corrected chi connectivity index (χ2v) is 3.35. The van der Waals surface area contributed by atoms with Crippen LogP contribution in [0.15, 0.2) is 29.0 Å². The molecule has 0 fully saturated rings. The monoisotopic (exact) mass is 189 g/mol. The summed E-state index contributed by atoms with van der Waals surface area (Å²) in [6, 6.07) is 3.69. The zero-order valence-electron chi connectivity index (χ0n) is 8.14. The van der Waals surface area contributed by atoms with Gasteiger partial charge in [-0.1, -0.05) is 19.0 Å². The highest BCUT2D eigenvalue weighted by Crippen LogP contribution is 2.18. The highest BCUT2D eigenvalue weighted by Gasteiger charge is 2.10. The van der Waals surface area contributed by atoms with E-state index in [-0.39, 0.29) is 5.92 Å². The van der Waals surface area contributed by atoms with Crippen LogP contribution in [0.1, 0.15) is 25.6 Å². The second-order valence-electron chi connectivity index (χ2n) is 3.35. The molecular formula is C10H11N3O. The summed E-state index contributed by atoms with van der Waals surface area (Å²) in [5.41, 5.74) is 0.902. The first-order chi connectivity index (χ1) is 6.77. The van der Waals surface area contributed by atoms with E-state index in [9.17, 15) is 0 Å². The Morgan fingerprint density at radius 3 is 2.50 bits per heavy atom. The van der Waals surface area contributed by atoms with Crippen molar-refractivity contribution >= 4 is 0 Å². The average molecular weight is 189 g/mol. The smallest absolute Gasteiger partial charge is 0.258 e. The molecule has 0 bridgehead atoms. The number of aromatic nitrogens is 3. The molecule has 4 heteroatoms. The molecule has 0 aliphatic heterocycles. The van der Waals surface area contributed by atoms with Gasteiger partial charge in [-0.05, 0) is 12.1 Å². The minimum absolute atomic E-state index is 0.286. The molecule has 2 aromatic rings. The standard InChI is InChI=1S/C10H11N3O/c1-7(2)9-12-10(14-13-9)8-3-5-11-6-4-8/h3-7H,1-2H3. The average Bonchev–Trinajstić information content (AvgIpc) is 2.68. The van der Waals surface area contributed by atoms with Crippen molar-refractivity contribution in [2.45, 2.75) is 19.8 Å². The lowest BCUT2D eigenvalue weighted by Crippen LogP contribution is -1.89. The predicted octanol–water partition coefficient (Wildman–Crippen LogP) is 2.25. The molecule has 0 N–H and O–H groups in total. The van der Waals surface area contributed by atoms with Gasteiger partial charge in [0.05, 0.1) is 0 Å². The first kappa shape index (κ1) is 8.87. The Hall–Kier alpha value is -1.71. The fourth-order valence-electron chi connectivity index (χ4n) is 1.08. The fraction of sp³-hybridized carbons (Fsp3) is 0.300. The van der Waals surface area contributed by atoms with Crippen molar-refractivity contribution in [3.63, 3.8) is 0 Å². The molecule has 0 spiro atoms. The molecule has 0 unspecified atom stereocenters. The Balaban J connectivity index is 2.34. The summed E-state index contributed by atoms with van der Waals surface area (Å²) in [7, 11) is 0. The number of rotatable bonds is 2. The van der Waals surface area contributed by atoms with E-state index >= 15 is 0 Å². The van der Waals surface area contributed by atoms with Gasteiger partial charge in [0.2, 0.25) is 0 Å². The van der Waals surface area contributed by atoms with Gasteiger partial charge in [0.1, 0.15) is 0 Å². The number of pyridine rings is 1. The Kier molecular flexibility index (Phi) is 2.26. The molecule has 4 nitrogen and oxygen atoms in total. The van der Waals surface area contributed by atoms with Crippen LogP contribution in [-0.4, -0.2) is 15.1 Å². The first-order valence-electron chi connectivity index (χ1n) is 4.51. The maximum Gasteiger partial charge on any atom is 0.258 e.